The molecule has 0 radical (unpaired) electrons. The molecule has 3 aliphatic rings. The molecule has 2 aromatic carbocycles. The minimum atomic E-state index is -1.27. The molecular formula is C22H20N4O4. The Morgan fingerprint density at radius 1 is 1.03 bits per heavy atom. The highest BCUT2D eigenvalue weighted by Crippen LogP contribution is 2.53. The Hall–Kier alpha value is -3.52. The summed E-state index contributed by atoms with van der Waals surface area (Å²) in [5.74, 6) is -2.74. The third-order valence-electron chi connectivity index (χ3n) is 6.22. The van der Waals surface area contributed by atoms with E-state index in [-0.39, 0.29) is 23.8 Å². The average molecular weight is 404 g/mol. The summed E-state index contributed by atoms with van der Waals surface area (Å²) in [7, 11) is 0. The number of anilines is 3. The van der Waals surface area contributed by atoms with Crippen molar-refractivity contribution in [3.63, 3.8) is 0 Å². The summed E-state index contributed by atoms with van der Waals surface area (Å²) in [4.78, 5) is 52.3. The molecule has 2 fully saturated rings. The molecule has 3 N–H and O–H groups in total. The zero-order chi connectivity index (χ0) is 21.2. The summed E-state index contributed by atoms with van der Waals surface area (Å²) in [6, 6.07) is 13.4. The van der Waals surface area contributed by atoms with Crippen LogP contribution in [0.25, 0.3) is 0 Å². The normalized spacial score (nSPS) is 29.2. The molecule has 152 valence electrons. The van der Waals surface area contributed by atoms with Gasteiger partial charge in [-0.15, -0.1) is 0 Å². The van der Waals surface area contributed by atoms with Gasteiger partial charge in [-0.05, 0) is 37.3 Å². The van der Waals surface area contributed by atoms with E-state index in [0.29, 0.717) is 22.6 Å². The van der Waals surface area contributed by atoms with Crippen LogP contribution in [0.3, 0.4) is 0 Å². The Bertz CT molecular complexity index is 1110. The van der Waals surface area contributed by atoms with Crippen molar-refractivity contribution in [3.05, 3.63) is 54.1 Å². The lowest BCUT2D eigenvalue weighted by Crippen LogP contribution is -2.53. The van der Waals surface area contributed by atoms with Crippen molar-refractivity contribution in [1.29, 1.82) is 0 Å². The van der Waals surface area contributed by atoms with Gasteiger partial charge in [-0.1, -0.05) is 18.2 Å². The fourth-order valence-corrected chi connectivity index (χ4v) is 5.07. The predicted octanol–water partition coefficient (Wildman–Crippen LogP) is 1.59. The minimum absolute atomic E-state index is 0.210. The lowest BCUT2D eigenvalue weighted by Gasteiger charge is -2.29. The molecule has 4 amide bonds. The molecule has 0 bridgehead atoms. The van der Waals surface area contributed by atoms with Crippen molar-refractivity contribution in [2.45, 2.75) is 25.4 Å². The van der Waals surface area contributed by atoms with Gasteiger partial charge in [-0.3, -0.25) is 24.5 Å². The van der Waals surface area contributed by atoms with Crippen molar-refractivity contribution >= 4 is 40.7 Å². The maximum atomic E-state index is 13.5. The van der Waals surface area contributed by atoms with Gasteiger partial charge in [-0.2, -0.15) is 0 Å². The highest BCUT2D eigenvalue weighted by atomic mass is 16.2. The third-order valence-corrected chi connectivity index (χ3v) is 6.22. The number of carbonyl (C=O) groups is 4. The summed E-state index contributed by atoms with van der Waals surface area (Å²) in [6.07, 6.45) is 0. The van der Waals surface area contributed by atoms with Crippen LogP contribution in [-0.2, 0) is 24.7 Å². The molecule has 0 saturated carbocycles. The number of rotatable bonds is 2. The Kier molecular flexibility index (Phi) is 3.85. The summed E-state index contributed by atoms with van der Waals surface area (Å²) in [5, 5.41) is 8.79. The van der Waals surface area contributed by atoms with Gasteiger partial charge in [0.15, 0.2) is 0 Å². The second-order valence-electron chi connectivity index (χ2n) is 7.98. The van der Waals surface area contributed by atoms with Crippen LogP contribution in [0, 0.1) is 11.8 Å². The van der Waals surface area contributed by atoms with E-state index >= 15 is 0 Å². The third kappa shape index (κ3) is 2.31. The van der Waals surface area contributed by atoms with E-state index in [1.807, 2.05) is 25.1 Å². The van der Waals surface area contributed by atoms with Crippen LogP contribution in [0.15, 0.2) is 48.5 Å². The number of carbonyl (C=O) groups excluding carboxylic acids is 4. The van der Waals surface area contributed by atoms with Gasteiger partial charge in [0.2, 0.25) is 23.6 Å². The second-order valence-corrected chi connectivity index (χ2v) is 7.98. The van der Waals surface area contributed by atoms with E-state index in [1.54, 1.807) is 30.3 Å². The van der Waals surface area contributed by atoms with Gasteiger partial charge in [0.05, 0.1) is 17.5 Å². The molecule has 0 unspecified atom stereocenters. The first-order valence-corrected chi connectivity index (χ1v) is 9.78. The van der Waals surface area contributed by atoms with Crippen LogP contribution < -0.4 is 20.9 Å². The van der Waals surface area contributed by atoms with Crippen molar-refractivity contribution < 1.29 is 19.2 Å². The maximum Gasteiger partial charge on any atom is 0.250 e. The number of imide groups is 1. The van der Waals surface area contributed by atoms with E-state index in [9.17, 15) is 19.2 Å². The van der Waals surface area contributed by atoms with E-state index in [2.05, 4.69) is 16.0 Å². The molecule has 5 rings (SSSR count). The SMILES string of the molecule is CC(=O)Nc1ccc(N2C(=O)[C@@H]3[C@H](C)N[C@@]4(C(=O)Nc5ccccc54)[C@H]3C2=O)cc1. The van der Waals surface area contributed by atoms with Crippen molar-refractivity contribution in [3.8, 4) is 0 Å². The molecule has 8 nitrogen and oxygen atoms in total. The van der Waals surface area contributed by atoms with Crippen LogP contribution in [-0.4, -0.2) is 29.7 Å². The Labute approximate surface area is 172 Å². The number of hydrogen-bond donors (Lipinski definition) is 3. The topological polar surface area (TPSA) is 108 Å². The van der Waals surface area contributed by atoms with Gasteiger partial charge in [0, 0.05) is 29.9 Å². The lowest BCUT2D eigenvalue weighted by molar-refractivity contribution is -0.130. The number of fused-ring (bicyclic) bond motifs is 4. The molecule has 1 spiro atoms. The van der Waals surface area contributed by atoms with Gasteiger partial charge in [-0.25, -0.2) is 4.90 Å². The molecule has 4 atom stereocenters. The molecule has 0 aliphatic carbocycles. The maximum absolute atomic E-state index is 13.5. The highest BCUT2D eigenvalue weighted by Gasteiger charge is 2.69. The van der Waals surface area contributed by atoms with Crippen LogP contribution in [0.2, 0.25) is 0 Å². The first-order chi connectivity index (χ1) is 14.3. The van der Waals surface area contributed by atoms with Gasteiger partial charge >= 0.3 is 0 Å². The number of hydrogen-bond acceptors (Lipinski definition) is 5. The van der Waals surface area contributed by atoms with Crippen LogP contribution in [0.5, 0.6) is 0 Å². The number of para-hydroxylation sites is 1. The molecule has 30 heavy (non-hydrogen) atoms. The summed E-state index contributed by atoms with van der Waals surface area (Å²) >= 11 is 0. The van der Waals surface area contributed by atoms with Gasteiger partial charge in [0.25, 0.3) is 0 Å². The summed E-state index contributed by atoms with van der Waals surface area (Å²) in [6.45, 7) is 3.23. The summed E-state index contributed by atoms with van der Waals surface area (Å²) < 4.78 is 0. The average Bonchev–Trinajstić information content (AvgIpc) is 3.27. The van der Waals surface area contributed by atoms with E-state index in [4.69, 9.17) is 0 Å². The first kappa shape index (κ1) is 18.5. The van der Waals surface area contributed by atoms with Crippen molar-refractivity contribution in [1.82, 2.24) is 5.32 Å². The van der Waals surface area contributed by atoms with E-state index < -0.39 is 23.3 Å². The molecule has 3 aliphatic heterocycles. The van der Waals surface area contributed by atoms with Gasteiger partial charge < -0.3 is 10.6 Å². The molecule has 2 aromatic rings. The molecular weight excluding hydrogens is 384 g/mol. The number of amides is 4. The molecule has 0 aromatic heterocycles. The van der Waals surface area contributed by atoms with E-state index in [1.165, 1.54) is 11.8 Å². The zero-order valence-corrected chi connectivity index (χ0v) is 16.4. The first-order valence-electron chi connectivity index (χ1n) is 9.78. The van der Waals surface area contributed by atoms with Crippen molar-refractivity contribution in [2.24, 2.45) is 11.8 Å². The number of benzene rings is 2. The summed E-state index contributed by atoms with van der Waals surface area (Å²) in [5.41, 5.74) is 1.07. The Balaban J connectivity index is 1.56. The monoisotopic (exact) mass is 404 g/mol. The fourth-order valence-electron chi connectivity index (χ4n) is 5.07. The molecule has 8 heteroatoms. The molecule has 2 saturated heterocycles. The van der Waals surface area contributed by atoms with E-state index in [0.717, 1.165) is 0 Å². The van der Waals surface area contributed by atoms with Gasteiger partial charge in [0.1, 0.15) is 5.54 Å². The highest BCUT2D eigenvalue weighted by molar-refractivity contribution is 6.25. The van der Waals surface area contributed by atoms with Crippen LogP contribution in [0.4, 0.5) is 17.1 Å². The molecule has 3 heterocycles. The standard InChI is InChI=1S/C22H20N4O4/c1-11-17-18(22(25-11)15-5-3-4-6-16(15)24-21(22)30)20(29)26(19(17)28)14-9-7-13(8-10-14)23-12(2)27/h3-11,17-18,25H,1-2H3,(H,23,27)(H,24,30)/t11-,17+,18+,22+/m0/s1. The zero-order valence-electron chi connectivity index (χ0n) is 16.4. The minimum Gasteiger partial charge on any atom is -0.326 e. The second kappa shape index (κ2) is 6.24. The predicted molar refractivity (Wildman–Crippen MR) is 110 cm³/mol. The fraction of sp³-hybridized carbons (Fsp3) is 0.273. The quantitative estimate of drug-likeness (QED) is 0.659. The number of nitrogens with one attached hydrogen (secondary N) is 3. The van der Waals surface area contributed by atoms with Crippen LogP contribution in [0.1, 0.15) is 19.4 Å². The Morgan fingerprint density at radius 3 is 2.43 bits per heavy atom. The van der Waals surface area contributed by atoms with Crippen LogP contribution >= 0.6 is 0 Å². The largest absolute Gasteiger partial charge is 0.326 e. The lowest BCUT2D eigenvalue weighted by atomic mass is 9.76. The smallest absolute Gasteiger partial charge is 0.250 e. The number of nitrogens with zero attached hydrogens (tertiary/aromatic N) is 1. The van der Waals surface area contributed by atoms with Crippen molar-refractivity contribution in [2.75, 3.05) is 15.5 Å². The Morgan fingerprint density at radius 2 is 1.73 bits per heavy atom.